The molecule has 4 nitrogen and oxygen atoms in total. The second kappa shape index (κ2) is 6.88. The van der Waals surface area contributed by atoms with Crippen molar-refractivity contribution in [2.75, 3.05) is 6.61 Å². The standard InChI is InChI=1S/C31H52O4/c1-18-24(34)25(2,3)15-21-30(18)17-35-31(21)14-10-20-27(6)12-11-22(32)26(4,5)19(27)9-13-28(20,7)29(31,8)16-23(30)33/h18-24,32-34H,9-17H2,1-8H3/t18-,19?,20?,21?,22-,23+,24-,27-,28+,29-,30-,31-/m0/s1. The smallest absolute Gasteiger partial charge is 0.0777 e. The molecule has 4 heteroatoms. The third kappa shape index (κ3) is 2.51. The average molecular weight is 489 g/mol. The highest BCUT2D eigenvalue weighted by Gasteiger charge is 2.81. The van der Waals surface area contributed by atoms with Crippen molar-refractivity contribution in [1.29, 1.82) is 0 Å². The average Bonchev–Trinajstić information content (AvgIpc) is 3.03. The van der Waals surface area contributed by atoms with Gasteiger partial charge in [0.25, 0.3) is 0 Å². The molecule has 3 unspecified atom stereocenters. The molecule has 6 fully saturated rings. The molecule has 35 heavy (non-hydrogen) atoms. The minimum atomic E-state index is -0.431. The van der Waals surface area contributed by atoms with Crippen molar-refractivity contribution < 1.29 is 20.1 Å². The van der Waals surface area contributed by atoms with Gasteiger partial charge in [-0.1, -0.05) is 55.4 Å². The molecule has 6 rings (SSSR count). The Morgan fingerprint density at radius 1 is 0.714 bits per heavy atom. The van der Waals surface area contributed by atoms with Crippen molar-refractivity contribution in [3.8, 4) is 0 Å². The molecule has 200 valence electrons. The molecular formula is C31H52O4. The van der Waals surface area contributed by atoms with Crippen LogP contribution in [0.4, 0.5) is 0 Å². The molecule has 1 heterocycles. The van der Waals surface area contributed by atoms with Crippen molar-refractivity contribution in [1.82, 2.24) is 0 Å². The van der Waals surface area contributed by atoms with Crippen molar-refractivity contribution in [2.24, 2.45) is 56.2 Å². The number of aliphatic hydroxyl groups is 3. The van der Waals surface area contributed by atoms with Gasteiger partial charge in [-0.3, -0.25) is 0 Å². The third-order valence-corrected chi connectivity index (χ3v) is 14.9. The van der Waals surface area contributed by atoms with Crippen LogP contribution in [0.25, 0.3) is 0 Å². The highest BCUT2D eigenvalue weighted by atomic mass is 16.5. The van der Waals surface area contributed by atoms with E-state index in [2.05, 4.69) is 55.4 Å². The molecule has 5 aliphatic carbocycles. The van der Waals surface area contributed by atoms with Crippen LogP contribution in [0.15, 0.2) is 0 Å². The molecule has 2 bridgehead atoms. The molecule has 1 spiro atoms. The Kier molecular flexibility index (Phi) is 4.94. The van der Waals surface area contributed by atoms with Crippen molar-refractivity contribution >= 4 is 0 Å². The van der Waals surface area contributed by atoms with Gasteiger partial charge in [0, 0.05) is 10.8 Å². The predicted octanol–water partition coefficient (Wildman–Crippen LogP) is 5.57. The van der Waals surface area contributed by atoms with Crippen molar-refractivity contribution in [3.05, 3.63) is 0 Å². The minimum Gasteiger partial charge on any atom is -0.393 e. The van der Waals surface area contributed by atoms with Crippen LogP contribution >= 0.6 is 0 Å². The van der Waals surface area contributed by atoms with Crippen molar-refractivity contribution in [2.45, 2.75) is 131 Å². The van der Waals surface area contributed by atoms with E-state index in [0.717, 1.165) is 44.9 Å². The van der Waals surface area contributed by atoms with Gasteiger partial charge in [0.05, 0.1) is 30.5 Å². The summed E-state index contributed by atoms with van der Waals surface area (Å²) in [6.07, 6.45) is 7.28. The Morgan fingerprint density at radius 2 is 1.37 bits per heavy atom. The maximum absolute atomic E-state index is 12.0. The molecule has 1 saturated heterocycles. The number of ether oxygens (including phenoxy) is 1. The first-order chi connectivity index (χ1) is 16.0. The molecule has 1 aliphatic heterocycles. The fourth-order valence-electron chi connectivity index (χ4n) is 12.7. The maximum Gasteiger partial charge on any atom is 0.0777 e. The maximum atomic E-state index is 12.0. The second-order valence-electron chi connectivity index (χ2n) is 16.3. The van der Waals surface area contributed by atoms with E-state index in [1.807, 2.05) is 0 Å². The van der Waals surface area contributed by atoms with Crippen molar-refractivity contribution in [3.63, 3.8) is 0 Å². The highest BCUT2D eigenvalue weighted by molar-refractivity contribution is 5.29. The van der Waals surface area contributed by atoms with Gasteiger partial charge >= 0.3 is 0 Å². The lowest BCUT2D eigenvalue weighted by molar-refractivity contribution is -0.306. The van der Waals surface area contributed by atoms with Crippen LogP contribution < -0.4 is 0 Å². The lowest BCUT2D eigenvalue weighted by Gasteiger charge is -2.75. The molecule has 6 aliphatic rings. The van der Waals surface area contributed by atoms with E-state index < -0.39 is 12.2 Å². The summed E-state index contributed by atoms with van der Waals surface area (Å²) in [6.45, 7) is 19.5. The zero-order valence-electron chi connectivity index (χ0n) is 23.7. The van der Waals surface area contributed by atoms with E-state index in [1.54, 1.807) is 0 Å². The van der Waals surface area contributed by atoms with E-state index in [0.29, 0.717) is 24.4 Å². The normalized spacial score (nSPS) is 62.3. The highest BCUT2D eigenvalue weighted by Crippen LogP contribution is 2.81. The molecular weight excluding hydrogens is 436 g/mol. The van der Waals surface area contributed by atoms with Gasteiger partial charge in [-0.05, 0) is 96.7 Å². The summed E-state index contributed by atoms with van der Waals surface area (Å²) in [6, 6.07) is 0. The van der Waals surface area contributed by atoms with Gasteiger partial charge in [-0.25, -0.2) is 0 Å². The Balaban J connectivity index is 1.46. The van der Waals surface area contributed by atoms with E-state index in [9.17, 15) is 15.3 Å². The fraction of sp³-hybridized carbons (Fsp3) is 1.00. The molecule has 0 radical (unpaired) electrons. The van der Waals surface area contributed by atoms with E-state index >= 15 is 0 Å². The van der Waals surface area contributed by atoms with E-state index in [1.165, 1.54) is 6.42 Å². The quantitative estimate of drug-likeness (QED) is 0.417. The summed E-state index contributed by atoms with van der Waals surface area (Å²) in [5.74, 6) is 1.45. The van der Waals surface area contributed by atoms with Crippen LogP contribution in [-0.2, 0) is 4.74 Å². The van der Waals surface area contributed by atoms with Gasteiger partial charge in [0.1, 0.15) is 0 Å². The number of rotatable bonds is 0. The summed E-state index contributed by atoms with van der Waals surface area (Å²) >= 11 is 0. The molecule has 0 amide bonds. The molecule has 0 aromatic heterocycles. The largest absolute Gasteiger partial charge is 0.393 e. The molecule has 0 aromatic carbocycles. The molecule has 12 atom stereocenters. The van der Waals surface area contributed by atoms with Gasteiger partial charge in [0.2, 0.25) is 0 Å². The lowest BCUT2D eigenvalue weighted by Crippen LogP contribution is -2.75. The van der Waals surface area contributed by atoms with Gasteiger partial charge in [-0.15, -0.1) is 0 Å². The zero-order valence-corrected chi connectivity index (χ0v) is 23.7. The molecule has 0 aromatic rings. The Hall–Kier alpha value is -0.160. The van der Waals surface area contributed by atoms with E-state index in [4.69, 9.17) is 4.74 Å². The van der Waals surface area contributed by atoms with Crippen LogP contribution in [0.1, 0.15) is 107 Å². The summed E-state index contributed by atoms with van der Waals surface area (Å²) < 4.78 is 7.12. The first kappa shape index (κ1) is 25.1. The first-order valence-electron chi connectivity index (χ1n) is 14.7. The van der Waals surface area contributed by atoms with E-state index in [-0.39, 0.29) is 50.1 Å². The zero-order chi connectivity index (χ0) is 25.6. The molecule has 5 saturated carbocycles. The number of hydrogen-bond acceptors (Lipinski definition) is 4. The Morgan fingerprint density at radius 3 is 2.06 bits per heavy atom. The topological polar surface area (TPSA) is 69.9 Å². The van der Waals surface area contributed by atoms with Gasteiger partial charge < -0.3 is 20.1 Å². The number of fused-ring (bicyclic) bond motifs is 4. The van der Waals surface area contributed by atoms with Crippen LogP contribution in [0.2, 0.25) is 0 Å². The number of hydrogen-bond donors (Lipinski definition) is 3. The predicted molar refractivity (Wildman–Crippen MR) is 138 cm³/mol. The summed E-state index contributed by atoms with van der Waals surface area (Å²) in [7, 11) is 0. The lowest BCUT2D eigenvalue weighted by atomic mass is 9.30. The van der Waals surface area contributed by atoms with Crippen LogP contribution in [-0.4, -0.2) is 45.8 Å². The van der Waals surface area contributed by atoms with Gasteiger partial charge in [-0.2, -0.15) is 0 Å². The van der Waals surface area contributed by atoms with Gasteiger partial charge in [0.15, 0.2) is 0 Å². The minimum absolute atomic E-state index is 0.0367. The Labute approximate surface area is 213 Å². The molecule has 3 N–H and O–H groups in total. The summed E-state index contributed by atoms with van der Waals surface area (Å²) in [5.41, 5.74) is -0.541. The van der Waals surface area contributed by atoms with Crippen LogP contribution in [0.3, 0.4) is 0 Å². The van der Waals surface area contributed by atoms with Crippen LogP contribution in [0, 0.1) is 56.2 Å². The first-order valence-corrected chi connectivity index (χ1v) is 14.7. The fourth-order valence-corrected chi connectivity index (χ4v) is 12.7. The Bertz CT molecular complexity index is 914. The monoisotopic (exact) mass is 488 g/mol. The third-order valence-electron chi connectivity index (χ3n) is 14.9. The number of aliphatic hydroxyl groups excluding tert-OH is 3. The summed E-state index contributed by atoms with van der Waals surface area (Å²) in [4.78, 5) is 0. The SMILES string of the molecule is C[C@H]1[C@H](O)C(C)(C)CC2[C@]13CO[C@@]21CCC2[C@@]4(C)CC[C@H](O)C(C)(C)C4CC[C@@]2(C)[C@]1(C)C[C@H]3O. The van der Waals surface area contributed by atoms with Crippen LogP contribution in [0.5, 0.6) is 0 Å². The second-order valence-corrected chi connectivity index (χ2v) is 16.3. The summed E-state index contributed by atoms with van der Waals surface area (Å²) in [5, 5.41) is 34.3.